The van der Waals surface area contributed by atoms with Gasteiger partial charge in [0.25, 0.3) is 0 Å². The summed E-state index contributed by atoms with van der Waals surface area (Å²) in [4.78, 5) is 24.4. The van der Waals surface area contributed by atoms with Crippen LogP contribution in [0.25, 0.3) is 0 Å². The summed E-state index contributed by atoms with van der Waals surface area (Å²) in [6, 6.07) is 14.7. The van der Waals surface area contributed by atoms with Gasteiger partial charge < -0.3 is 20.9 Å². The van der Waals surface area contributed by atoms with E-state index >= 15 is 0 Å². The van der Waals surface area contributed by atoms with Gasteiger partial charge in [-0.1, -0.05) is 36.4 Å². The molecule has 0 bridgehead atoms. The second-order valence-electron chi connectivity index (χ2n) is 5.69. The van der Waals surface area contributed by atoms with E-state index < -0.39 is 11.9 Å². The Morgan fingerprint density at radius 1 is 0.923 bits per heavy atom. The van der Waals surface area contributed by atoms with Crippen molar-refractivity contribution >= 4 is 17.9 Å². The summed E-state index contributed by atoms with van der Waals surface area (Å²) in [5.74, 6) is 0.356. The number of carbonyl (C=O) groups excluding carboxylic acids is 1. The number of ether oxygens (including phenoxy) is 2. The standard InChI is InChI=1S/C18H15N5O3/c19-17-21-14(22-18(20)23-17)9-25-16(24)15-10-5-1-3-7-12(10)26-13-8-4-2-6-11(13)15/h1-8,15H,9H2,(H4,19,20,21,22,23). The molecule has 1 aromatic heterocycles. The Labute approximate surface area is 148 Å². The molecule has 2 aromatic carbocycles. The summed E-state index contributed by atoms with van der Waals surface area (Å²) in [5.41, 5.74) is 12.6. The fraction of sp³-hybridized carbons (Fsp3) is 0.111. The highest BCUT2D eigenvalue weighted by Gasteiger charge is 2.33. The van der Waals surface area contributed by atoms with Gasteiger partial charge in [-0.25, -0.2) is 0 Å². The Balaban J connectivity index is 1.63. The maximum absolute atomic E-state index is 12.9. The summed E-state index contributed by atoms with van der Waals surface area (Å²) >= 11 is 0. The molecule has 0 radical (unpaired) electrons. The van der Waals surface area contributed by atoms with E-state index in [0.717, 1.165) is 11.1 Å². The van der Waals surface area contributed by atoms with Crippen molar-refractivity contribution in [2.24, 2.45) is 0 Å². The number of hydrogen-bond donors (Lipinski definition) is 2. The topological polar surface area (TPSA) is 126 Å². The first-order valence-corrected chi connectivity index (χ1v) is 7.90. The smallest absolute Gasteiger partial charge is 0.318 e. The molecule has 0 unspecified atom stereocenters. The number of para-hydroxylation sites is 2. The number of carbonyl (C=O) groups is 1. The van der Waals surface area contributed by atoms with Crippen molar-refractivity contribution in [2.75, 3.05) is 11.5 Å². The zero-order chi connectivity index (χ0) is 18.1. The Morgan fingerprint density at radius 2 is 1.46 bits per heavy atom. The average molecular weight is 349 g/mol. The number of rotatable bonds is 3. The second kappa shape index (κ2) is 6.32. The lowest BCUT2D eigenvalue weighted by atomic mass is 9.88. The molecule has 1 aliphatic rings. The van der Waals surface area contributed by atoms with Crippen LogP contribution in [0.2, 0.25) is 0 Å². The SMILES string of the molecule is Nc1nc(N)nc(COC(=O)C2c3ccccc3Oc3ccccc32)n1. The number of anilines is 2. The van der Waals surface area contributed by atoms with Gasteiger partial charge in [-0.2, -0.15) is 15.0 Å². The highest BCUT2D eigenvalue weighted by Crippen LogP contribution is 2.44. The van der Waals surface area contributed by atoms with E-state index in [1.165, 1.54) is 0 Å². The Hall–Kier alpha value is -3.68. The van der Waals surface area contributed by atoms with Crippen molar-refractivity contribution < 1.29 is 14.3 Å². The molecule has 1 aliphatic heterocycles. The number of esters is 1. The van der Waals surface area contributed by atoms with E-state index in [4.69, 9.17) is 20.9 Å². The largest absolute Gasteiger partial charge is 0.457 e. The maximum atomic E-state index is 12.9. The van der Waals surface area contributed by atoms with Crippen molar-refractivity contribution in [1.29, 1.82) is 0 Å². The highest BCUT2D eigenvalue weighted by molar-refractivity contribution is 5.85. The van der Waals surface area contributed by atoms with Gasteiger partial charge in [-0.05, 0) is 12.1 Å². The van der Waals surface area contributed by atoms with E-state index in [0.29, 0.717) is 11.5 Å². The molecule has 4 N–H and O–H groups in total. The van der Waals surface area contributed by atoms with Crippen LogP contribution in [0.3, 0.4) is 0 Å². The van der Waals surface area contributed by atoms with Crippen LogP contribution in [0.1, 0.15) is 22.9 Å². The predicted octanol–water partition coefficient (Wildman–Crippen LogP) is 2.02. The van der Waals surface area contributed by atoms with Gasteiger partial charge in [0.15, 0.2) is 12.4 Å². The van der Waals surface area contributed by atoms with Crippen molar-refractivity contribution in [3.63, 3.8) is 0 Å². The highest BCUT2D eigenvalue weighted by atomic mass is 16.5. The minimum atomic E-state index is -0.604. The number of aromatic nitrogens is 3. The first-order chi connectivity index (χ1) is 12.6. The Bertz CT molecular complexity index is 926. The first kappa shape index (κ1) is 15.8. The minimum absolute atomic E-state index is 0.0229. The summed E-state index contributed by atoms with van der Waals surface area (Å²) in [6.07, 6.45) is 0. The molecule has 8 heteroatoms. The zero-order valence-corrected chi connectivity index (χ0v) is 13.6. The lowest BCUT2D eigenvalue weighted by molar-refractivity contribution is -0.146. The quantitative estimate of drug-likeness (QED) is 0.688. The molecule has 0 spiro atoms. The minimum Gasteiger partial charge on any atom is -0.457 e. The van der Waals surface area contributed by atoms with Crippen molar-refractivity contribution in [1.82, 2.24) is 15.0 Å². The van der Waals surface area contributed by atoms with Crippen molar-refractivity contribution in [3.05, 3.63) is 65.5 Å². The monoisotopic (exact) mass is 349 g/mol. The van der Waals surface area contributed by atoms with Gasteiger partial charge in [0, 0.05) is 11.1 Å². The summed E-state index contributed by atoms with van der Waals surface area (Å²) in [5, 5.41) is 0. The predicted molar refractivity (Wildman–Crippen MR) is 93.2 cm³/mol. The zero-order valence-electron chi connectivity index (χ0n) is 13.6. The van der Waals surface area contributed by atoms with Gasteiger partial charge >= 0.3 is 5.97 Å². The van der Waals surface area contributed by atoms with Crippen LogP contribution in [0.15, 0.2) is 48.5 Å². The average Bonchev–Trinajstić information content (AvgIpc) is 2.63. The molecule has 2 heterocycles. The van der Waals surface area contributed by atoms with Crippen LogP contribution >= 0.6 is 0 Å². The number of nitrogens with two attached hydrogens (primary N) is 2. The van der Waals surface area contributed by atoms with Gasteiger partial charge in [0.1, 0.15) is 17.4 Å². The van der Waals surface area contributed by atoms with Crippen LogP contribution in [-0.4, -0.2) is 20.9 Å². The lowest BCUT2D eigenvalue weighted by Gasteiger charge is -2.26. The molecule has 130 valence electrons. The third-order valence-corrected chi connectivity index (χ3v) is 3.98. The van der Waals surface area contributed by atoms with Gasteiger partial charge in [-0.3, -0.25) is 4.79 Å². The molecule has 0 aliphatic carbocycles. The molecular weight excluding hydrogens is 334 g/mol. The van der Waals surface area contributed by atoms with Crippen LogP contribution in [-0.2, 0) is 16.1 Å². The van der Waals surface area contributed by atoms with Crippen LogP contribution in [0, 0.1) is 0 Å². The molecule has 0 fully saturated rings. The van der Waals surface area contributed by atoms with Gasteiger partial charge in [0.05, 0.1) is 0 Å². The van der Waals surface area contributed by atoms with Crippen LogP contribution < -0.4 is 16.2 Å². The third-order valence-electron chi connectivity index (χ3n) is 3.98. The molecule has 4 rings (SSSR count). The van der Waals surface area contributed by atoms with Crippen LogP contribution in [0.4, 0.5) is 11.9 Å². The Kier molecular flexibility index (Phi) is 3.85. The fourth-order valence-corrected chi connectivity index (χ4v) is 2.90. The van der Waals surface area contributed by atoms with Crippen LogP contribution in [0.5, 0.6) is 11.5 Å². The number of hydrogen-bond acceptors (Lipinski definition) is 8. The lowest BCUT2D eigenvalue weighted by Crippen LogP contribution is -2.21. The van der Waals surface area contributed by atoms with E-state index in [2.05, 4.69) is 15.0 Å². The summed E-state index contributed by atoms with van der Waals surface area (Å²) in [6.45, 7) is -0.155. The molecule has 26 heavy (non-hydrogen) atoms. The third kappa shape index (κ3) is 2.88. The summed E-state index contributed by atoms with van der Waals surface area (Å²) < 4.78 is 11.3. The second-order valence-corrected chi connectivity index (χ2v) is 5.69. The molecule has 0 amide bonds. The summed E-state index contributed by atoms with van der Waals surface area (Å²) in [7, 11) is 0. The van der Waals surface area contributed by atoms with E-state index in [1.807, 2.05) is 48.5 Å². The van der Waals surface area contributed by atoms with Crippen molar-refractivity contribution in [3.8, 4) is 11.5 Å². The number of nitrogen functional groups attached to an aromatic ring is 2. The molecule has 8 nitrogen and oxygen atoms in total. The van der Waals surface area contributed by atoms with Gasteiger partial charge in [-0.15, -0.1) is 0 Å². The molecule has 3 aromatic rings. The number of nitrogens with zero attached hydrogens (tertiary/aromatic N) is 3. The molecule has 0 saturated carbocycles. The number of fused-ring (bicyclic) bond motifs is 2. The van der Waals surface area contributed by atoms with E-state index in [1.54, 1.807) is 0 Å². The first-order valence-electron chi connectivity index (χ1n) is 7.90. The number of benzene rings is 2. The molecular formula is C18H15N5O3. The van der Waals surface area contributed by atoms with Gasteiger partial charge in [0.2, 0.25) is 11.9 Å². The fourth-order valence-electron chi connectivity index (χ4n) is 2.90. The van der Waals surface area contributed by atoms with E-state index in [9.17, 15) is 4.79 Å². The normalized spacial score (nSPS) is 12.6. The van der Waals surface area contributed by atoms with Crippen molar-refractivity contribution in [2.45, 2.75) is 12.5 Å². The maximum Gasteiger partial charge on any atom is 0.318 e. The Morgan fingerprint density at radius 3 is 2.04 bits per heavy atom. The molecule has 0 saturated heterocycles. The molecule has 0 atom stereocenters. The van der Waals surface area contributed by atoms with E-state index in [-0.39, 0.29) is 24.3 Å².